The minimum atomic E-state index is -0.126. The first-order chi connectivity index (χ1) is 12.8. The van der Waals surface area contributed by atoms with Crippen LogP contribution in [0.15, 0.2) is 35.3 Å². The normalized spacial score (nSPS) is 21.9. The van der Waals surface area contributed by atoms with Gasteiger partial charge in [0, 0.05) is 44.7 Å². The Morgan fingerprint density at radius 1 is 1.27 bits per heavy atom. The largest absolute Gasteiger partial charge is 0.454 e. The Bertz CT molecular complexity index is 698. The van der Waals surface area contributed by atoms with Crippen molar-refractivity contribution >= 4 is 5.91 Å². The highest BCUT2D eigenvalue weighted by molar-refractivity contribution is 5.91. The number of piperidine rings is 1. The van der Waals surface area contributed by atoms with Gasteiger partial charge in [0.1, 0.15) is 5.76 Å². The molecule has 140 valence electrons. The Morgan fingerprint density at radius 3 is 2.88 bits per heavy atom. The molecule has 2 aliphatic heterocycles. The lowest BCUT2D eigenvalue weighted by Gasteiger charge is -2.33. The van der Waals surface area contributed by atoms with Gasteiger partial charge in [-0.2, -0.15) is 0 Å². The van der Waals surface area contributed by atoms with Crippen LogP contribution in [0.1, 0.15) is 42.0 Å². The third-order valence-corrected chi connectivity index (χ3v) is 5.19. The molecule has 7 heteroatoms. The third-order valence-electron chi connectivity index (χ3n) is 5.19. The van der Waals surface area contributed by atoms with E-state index in [2.05, 4.69) is 15.2 Å². The molecule has 2 saturated heterocycles. The summed E-state index contributed by atoms with van der Waals surface area (Å²) in [6.07, 6.45) is 10.0. The fourth-order valence-corrected chi connectivity index (χ4v) is 3.74. The first-order valence-electron chi connectivity index (χ1n) is 9.45. The van der Waals surface area contributed by atoms with E-state index in [-0.39, 0.29) is 11.9 Å². The second-order valence-electron chi connectivity index (χ2n) is 7.18. The van der Waals surface area contributed by atoms with E-state index in [0.29, 0.717) is 18.4 Å². The topological polar surface area (TPSA) is 72.5 Å². The number of aromatic nitrogens is 2. The molecule has 0 unspecified atom stereocenters. The van der Waals surface area contributed by atoms with Gasteiger partial charge in [-0.15, -0.1) is 0 Å². The highest BCUT2D eigenvalue weighted by Gasteiger charge is 2.25. The Labute approximate surface area is 153 Å². The van der Waals surface area contributed by atoms with Crippen LogP contribution in [-0.4, -0.2) is 58.7 Å². The predicted molar refractivity (Wildman–Crippen MR) is 95.9 cm³/mol. The monoisotopic (exact) mass is 358 g/mol. The number of hydrogen-bond donors (Lipinski definition) is 1. The summed E-state index contributed by atoms with van der Waals surface area (Å²) in [6, 6.07) is 3.80. The van der Waals surface area contributed by atoms with Gasteiger partial charge in [0.15, 0.2) is 5.76 Å². The number of carbonyl (C=O) groups excluding carboxylic acids is 1. The highest BCUT2D eigenvalue weighted by atomic mass is 16.5. The molecule has 0 radical (unpaired) electrons. The van der Waals surface area contributed by atoms with Crippen LogP contribution in [0, 0.1) is 0 Å². The number of imidazole rings is 1. The molecule has 2 fully saturated rings. The van der Waals surface area contributed by atoms with E-state index in [0.717, 1.165) is 44.8 Å². The molecule has 4 heterocycles. The van der Waals surface area contributed by atoms with Crippen molar-refractivity contribution in [3.63, 3.8) is 0 Å². The molecule has 0 bridgehead atoms. The zero-order valence-electron chi connectivity index (χ0n) is 15.0. The summed E-state index contributed by atoms with van der Waals surface area (Å²) in [4.78, 5) is 18.9. The molecule has 1 amide bonds. The second kappa shape index (κ2) is 8.05. The zero-order valence-corrected chi connectivity index (χ0v) is 15.0. The summed E-state index contributed by atoms with van der Waals surface area (Å²) in [7, 11) is 0. The molecule has 1 atom stereocenters. The third kappa shape index (κ3) is 4.34. The summed E-state index contributed by atoms with van der Waals surface area (Å²) >= 11 is 0. The number of likely N-dealkylation sites (tertiary alicyclic amines) is 1. The van der Waals surface area contributed by atoms with Gasteiger partial charge in [-0.25, -0.2) is 4.98 Å². The van der Waals surface area contributed by atoms with Crippen molar-refractivity contribution in [2.45, 2.75) is 44.4 Å². The van der Waals surface area contributed by atoms with Gasteiger partial charge in [0.2, 0.25) is 0 Å². The predicted octanol–water partition coefficient (Wildman–Crippen LogP) is 1.90. The van der Waals surface area contributed by atoms with Crippen LogP contribution in [0.25, 0.3) is 0 Å². The molecule has 4 rings (SSSR count). The number of ether oxygens (including phenoxy) is 1. The van der Waals surface area contributed by atoms with E-state index in [1.54, 1.807) is 18.6 Å². The number of furan rings is 1. The molecule has 0 aliphatic carbocycles. The van der Waals surface area contributed by atoms with Gasteiger partial charge in [-0.05, 0) is 37.8 Å². The summed E-state index contributed by atoms with van der Waals surface area (Å²) in [6.45, 7) is 4.53. The van der Waals surface area contributed by atoms with Gasteiger partial charge in [-0.3, -0.25) is 4.79 Å². The van der Waals surface area contributed by atoms with E-state index < -0.39 is 0 Å². The average molecular weight is 358 g/mol. The second-order valence-corrected chi connectivity index (χ2v) is 7.18. The molecule has 2 aromatic rings. The summed E-state index contributed by atoms with van der Waals surface area (Å²) in [5.41, 5.74) is 0. The number of amides is 1. The average Bonchev–Trinajstić information content (AvgIpc) is 3.40. The molecular weight excluding hydrogens is 332 g/mol. The van der Waals surface area contributed by atoms with Crippen LogP contribution < -0.4 is 5.32 Å². The summed E-state index contributed by atoms with van der Waals surface area (Å²) in [5.74, 6) is 1.00. The maximum Gasteiger partial charge on any atom is 0.287 e. The quantitative estimate of drug-likeness (QED) is 0.854. The molecule has 0 saturated carbocycles. The van der Waals surface area contributed by atoms with Crippen LogP contribution in [0.5, 0.6) is 0 Å². The maximum atomic E-state index is 12.4. The Hall–Kier alpha value is -2.12. The van der Waals surface area contributed by atoms with Gasteiger partial charge < -0.3 is 23.9 Å². The smallest absolute Gasteiger partial charge is 0.287 e. The van der Waals surface area contributed by atoms with Gasteiger partial charge in [0.25, 0.3) is 5.91 Å². The first-order valence-corrected chi connectivity index (χ1v) is 9.45. The number of carbonyl (C=O) groups is 1. The summed E-state index contributed by atoms with van der Waals surface area (Å²) in [5, 5.41) is 3.11. The van der Waals surface area contributed by atoms with Gasteiger partial charge in [-0.1, -0.05) is 0 Å². The van der Waals surface area contributed by atoms with Crippen LogP contribution in [-0.2, 0) is 11.3 Å². The van der Waals surface area contributed by atoms with Crippen molar-refractivity contribution in [1.29, 1.82) is 0 Å². The van der Waals surface area contributed by atoms with Crippen LogP contribution in [0.4, 0.5) is 0 Å². The van der Waals surface area contributed by atoms with Crippen molar-refractivity contribution < 1.29 is 13.9 Å². The lowest BCUT2D eigenvalue weighted by molar-refractivity contribution is 0.0609. The van der Waals surface area contributed by atoms with Crippen molar-refractivity contribution in [2.75, 3.05) is 26.2 Å². The fourth-order valence-electron chi connectivity index (χ4n) is 3.74. The number of hydrogen-bond acceptors (Lipinski definition) is 5. The van der Waals surface area contributed by atoms with Gasteiger partial charge in [0.05, 0.1) is 19.0 Å². The molecule has 7 nitrogen and oxygen atoms in total. The molecule has 1 N–H and O–H groups in total. The van der Waals surface area contributed by atoms with E-state index in [1.165, 1.54) is 12.8 Å². The standard InChI is InChI=1S/C19H26N4O3/c24-19(18-4-3-17(26-18)13-23-10-7-20-14-23)21-15-5-8-22(9-6-15)12-16-2-1-11-25-16/h3-4,7,10,14-16H,1-2,5-6,8-9,11-13H2,(H,21,24)/t16-/m0/s1. The lowest BCUT2D eigenvalue weighted by Crippen LogP contribution is -2.46. The van der Waals surface area contributed by atoms with E-state index >= 15 is 0 Å². The molecule has 2 aliphatic rings. The molecule has 2 aromatic heterocycles. The molecular formula is C19H26N4O3. The number of nitrogens with zero attached hydrogens (tertiary/aromatic N) is 3. The molecule has 0 aromatic carbocycles. The van der Waals surface area contributed by atoms with Crippen molar-refractivity contribution in [1.82, 2.24) is 19.8 Å². The zero-order chi connectivity index (χ0) is 17.8. The van der Waals surface area contributed by atoms with E-state index in [9.17, 15) is 4.79 Å². The number of nitrogens with one attached hydrogen (secondary N) is 1. The minimum Gasteiger partial charge on any atom is -0.454 e. The van der Waals surface area contributed by atoms with E-state index in [1.807, 2.05) is 16.8 Å². The minimum absolute atomic E-state index is 0.126. The van der Waals surface area contributed by atoms with Crippen LogP contribution >= 0.6 is 0 Å². The van der Waals surface area contributed by atoms with E-state index in [4.69, 9.17) is 9.15 Å². The van der Waals surface area contributed by atoms with Crippen molar-refractivity contribution in [3.8, 4) is 0 Å². The lowest BCUT2D eigenvalue weighted by atomic mass is 10.0. The van der Waals surface area contributed by atoms with Gasteiger partial charge >= 0.3 is 0 Å². The van der Waals surface area contributed by atoms with Crippen LogP contribution in [0.2, 0.25) is 0 Å². The highest BCUT2D eigenvalue weighted by Crippen LogP contribution is 2.17. The molecule has 26 heavy (non-hydrogen) atoms. The summed E-state index contributed by atoms with van der Waals surface area (Å²) < 4.78 is 13.3. The van der Waals surface area contributed by atoms with Crippen molar-refractivity contribution in [3.05, 3.63) is 42.4 Å². The molecule has 0 spiro atoms. The first kappa shape index (κ1) is 17.3. The number of rotatable bonds is 6. The fraction of sp³-hybridized carbons (Fsp3) is 0.579. The Balaban J connectivity index is 1.23. The maximum absolute atomic E-state index is 12.4. The Morgan fingerprint density at radius 2 is 2.15 bits per heavy atom. The van der Waals surface area contributed by atoms with Crippen molar-refractivity contribution in [2.24, 2.45) is 0 Å². The van der Waals surface area contributed by atoms with Crippen LogP contribution in [0.3, 0.4) is 0 Å². The Kier molecular flexibility index (Phi) is 5.36. The SMILES string of the molecule is O=C(NC1CCN(C[C@@H]2CCCO2)CC1)c1ccc(Cn2ccnc2)o1.